The van der Waals surface area contributed by atoms with Gasteiger partial charge in [0.2, 0.25) is 0 Å². The van der Waals surface area contributed by atoms with Crippen LogP contribution in [0.25, 0.3) is 0 Å². The van der Waals surface area contributed by atoms with Crippen LogP contribution in [0.1, 0.15) is 29.3 Å². The number of hydrogen-bond donors (Lipinski definition) is 0. The van der Waals surface area contributed by atoms with E-state index in [1.54, 1.807) is 4.90 Å². The molecule has 0 heterocycles. The van der Waals surface area contributed by atoms with E-state index in [4.69, 9.17) is 0 Å². The fraction of sp³-hybridized carbons (Fsp3) is 0.462. The summed E-state index contributed by atoms with van der Waals surface area (Å²) in [5.74, 6) is -1.83. The summed E-state index contributed by atoms with van der Waals surface area (Å²) in [7, 11) is 0. The summed E-state index contributed by atoms with van der Waals surface area (Å²) in [4.78, 5) is 13.7. The number of carbonyl (C=O) groups excluding carboxylic acids is 1. The zero-order chi connectivity index (χ0) is 13.7. The van der Waals surface area contributed by atoms with Gasteiger partial charge >= 0.3 is 0 Å². The minimum Gasteiger partial charge on any atom is -0.339 e. The van der Waals surface area contributed by atoms with Crippen LogP contribution in [0.2, 0.25) is 0 Å². The normalized spacial score (nSPS) is 10.5. The lowest BCUT2D eigenvalue weighted by Crippen LogP contribution is -2.32. The number of nitrogens with zero attached hydrogens (tertiary/aromatic N) is 1. The fourth-order valence-corrected chi connectivity index (χ4v) is 1.90. The SMILES string of the molecule is CCN(CCCBr)C(=O)c1cc(C)c(F)cc1F. The molecule has 0 aliphatic rings. The van der Waals surface area contributed by atoms with Crippen molar-refractivity contribution in [3.63, 3.8) is 0 Å². The topological polar surface area (TPSA) is 20.3 Å². The van der Waals surface area contributed by atoms with Crippen molar-refractivity contribution in [3.05, 3.63) is 34.9 Å². The molecule has 1 rings (SSSR count). The van der Waals surface area contributed by atoms with Gasteiger partial charge in [0.05, 0.1) is 5.56 Å². The van der Waals surface area contributed by atoms with E-state index in [2.05, 4.69) is 15.9 Å². The lowest BCUT2D eigenvalue weighted by molar-refractivity contribution is 0.0760. The third-order valence-corrected chi connectivity index (χ3v) is 3.27. The average molecular weight is 320 g/mol. The Morgan fingerprint density at radius 2 is 2.00 bits per heavy atom. The van der Waals surface area contributed by atoms with Gasteiger partial charge in [-0.3, -0.25) is 4.79 Å². The molecule has 5 heteroatoms. The van der Waals surface area contributed by atoms with Crippen molar-refractivity contribution in [2.75, 3.05) is 18.4 Å². The second kappa shape index (κ2) is 6.83. The molecular formula is C13H16BrF2NO. The smallest absolute Gasteiger partial charge is 0.256 e. The molecule has 0 saturated carbocycles. The van der Waals surface area contributed by atoms with Gasteiger partial charge in [-0.15, -0.1) is 0 Å². The Kier molecular flexibility index (Phi) is 5.72. The van der Waals surface area contributed by atoms with Crippen LogP contribution < -0.4 is 0 Å². The van der Waals surface area contributed by atoms with Gasteiger partial charge in [-0.05, 0) is 31.9 Å². The molecule has 0 unspecified atom stereocenters. The molecule has 18 heavy (non-hydrogen) atoms. The molecular weight excluding hydrogens is 304 g/mol. The number of aryl methyl sites for hydroxylation is 1. The van der Waals surface area contributed by atoms with Crippen molar-refractivity contribution in [1.82, 2.24) is 4.90 Å². The van der Waals surface area contributed by atoms with Crippen LogP contribution in [-0.2, 0) is 0 Å². The van der Waals surface area contributed by atoms with Gasteiger partial charge < -0.3 is 4.90 Å². The van der Waals surface area contributed by atoms with Gasteiger partial charge in [-0.25, -0.2) is 8.78 Å². The highest BCUT2D eigenvalue weighted by atomic mass is 79.9. The predicted octanol–water partition coefficient (Wildman–Crippen LogP) is 3.52. The van der Waals surface area contributed by atoms with Crippen molar-refractivity contribution in [1.29, 1.82) is 0 Å². The summed E-state index contributed by atoms with van der Waals surface area (Å²) in [6, 6.07) is 2.03. The Morgan fingerprint density at radius 1 is 1.33 bits per heavy atom. The Balaban J connectivity index is 2.98. The van der Waals surface area contributed by atoms with E-state index in [1.165, 1.54) is 13.0 Å². The quantitative estimate of drug-likeness (QED) is 0.760. The van der Waals surface area contributed by atoms with Crippen molar-refractivity contribution in [2.24, 2.45) is 0 Å². The lowest BCUT2D eigenvalue weighted by Gasteiger charge is -2.21. The minimum atomic E-state index is -0.805. The van der Waals surface area contributed by atoms with Crippen LogP contribution in [-0.4, -0.2) is 29.2 Å². The standard InChI is InChI=1S/C13H16BrF2NO/c1-3-17(6-4-5-14)13(18)10-7-9(2)11(15)8-12(10)16/h7-8H,3-6H2,1-2H3. The van der Waals surface area contributed by atoms with E-state index in [0.29, 0.717) is 13.1 Å². The maximum absolute atomic E-state index is 13.6. The van der Waals surface area contributed by atoms with Crippen LogP contribution in [0.5, 0.6) is 0 Å². The van der Waals surface area contributed by atoms with Crippen molar-refractivity contribution in [3.8, 4) is 0 Å². The molecule has 1 amide bonds. The lowest BCUT2D eigenvalue weighted by atomic mass is 10.1. The van der Waals surface area contributed by atoms with Gasteiger partial charge in [0.1, 0.15) is 11.6 Å². The van der Waals surface area contributed by atoms with E-state index >= 15 is 0 Å². The van der Waals surface area contributed by atoms with Gasteiger partial charge in [-0.2, -0.15) is 0 Å². The van der Waals surface area contributed by atoms with E-state index in [-0.39, 0.29) is 17.0 Å². The number of hydrogen-bond acceptors (Lipinski definition) is 1. The third kappa shape index (κ3) is 3.51. The molecule has 2 nitrogen and oxygen atoms in total. The first kappa shape index (κ1) is 15.1. The van der Waals surface area contributed by atoms with Gasteiger partial charge in [0.15, 0.2) is 0 Å². The molecule has 0 atom stereocenters. The number of amides is 1. The highest BCUT2D eigenvalue weighted by Gasteiger charge is 2.19. The summed E-state index contributed by atoms with van der Waals surface area (Å²) >= 11 is 3.29. The van der Waals surface area contributed by atoms with Crippen molar-refractivity contribution < 1.29 is 13.6 Å². The largest absolute Gasteiger partial charge is 0.339 e. The van der Waals surface area contributed by atoms with Crippen LogP contribution in [0, 0.1) is 18.6 Å². The predicted molar refractivity (Wildman–Crippen MR) is 71.1 cm³/mol. The summed E-state index contributed by atoms with van der Waals surface area (Å²) in [6.07, 6.45) is 0.793. The summed E-state index contributed by atoms with van der Waals surface area (Å²) in [5, 5.41) is 0.779. The summed E-state index contributed by atoms with van der Waals surface area (Å²) in [6.45, 7) is 4.40. The van der Waals surface area contributed by atoms with Crippen LogP contribution >= 0.6 is 15.9 Å². The fourth-order valence-electron chi connectivity index (χ4n) is 1.65. The Hall–Kier alpha value is -0.970. The second-order valence-corrected chi connectivity index (χ2v) is 4.80. The highest BCUT2D eigenvalue weighted by molar-refractivity contribution is 9.09. The molecule has 0 aromatic heterocycles. The summed E-state index contributed by atoms with van der Waals surface area (Å²) < 4.78 is 26.7. The molecule has 0 saturated heterocycles. The summed E-state index contributed by atoms with van der Waals surface area (Å²) in [5.41, 5.74) is 0.210. The number of carbonyl (C=O) groups is 1. The molecule has 1 aromatic carbocycles. The van der Waals surface area contributed by atoms with Crippen molar-refractivity contribution >= 4 is 21.8 Å². The Morgan fingerprint density at radius 3 is 2.56 bits per heavy atom. The van der Waals surface area contributed by atoms with E-state index < -0.39 is 11.6 Å². The molecule has 0 bridgehead atoms. The van der Waals surface area contributed by atoms with E-state index in [0.717, 1.165) is 17.8 Å². The Bertz CT molecular complexity index is 437. The van der Waals surface area contributed by atoms with Crippen LogP contribution in [0.15, 0.2) is 12.1 Å². The van der Waals surface area contributed by atoms with Gasteiger partial charge in [-0.1, -0.05) is 15.9 Å². The maximum atomic E-state index is 13.6. The maximum Gasteiger partial charge on any atom is 0.256 e. The first-order valence-corrected chi connectivity index (χ1v) is 6.94. The number of rotatable bonds is 5. The highest BCUT2D eigenvalue weighted by Crippen LogP contribution is 2.16. The van der Waals surface area contributed by atoms with Gasteiger partial charge in [0.25, 0.3) is 5.91 Å². The van der Waals surface area contributed by atoms with Crippen LogP contribution in [0.3, 0.4) is 0 Å². The third-order valence-electron chi connectivity index (χ3n) is 2.71. The zero-order valence-corrected chi connectivity index (χ0v) is 12.1. The molecule has 1 aromatic rings. The van der Waals surface area contributed by atoms with E-state index in [1.807, 2.05) is 6.92 Å². The number of halogens is 3. The first-order valence-electron chi connectivity index (χ1n) is 5.82. The molecule has 100 valence electrons. The second-order valence-electron chi connectivity index (χ2n) is 4.01. The number of alkyl halides is 1. The van der Waals surface area contributed by atoms with E-state index in [9.17, 15) is 13.6 Å². The molecule has 0 spiro atoms. The van der Waals surface area contributed by atoms with Crippen LogP contribution in [0.4, 0.5) is 8.78 Å². The van der Waals surface area contributed by atoms with Gasteiger partial charge in [0, 0.05) is 24.5 Å². The molecule has 0 N–H and O–H groups in total. The first-order chi connectivity index (χ1) is 8.51. The minimum absolute atomic E-state index is 0.0645. The molecule has 0 fully saturated rings. The average Bonchev–Trinajstić information content (AvgIpc) is 2.34. The monoisotopic (exact) mass is 319 g/mol. The zero-order valence-electron chi connectivity index (χ0n) is 10.5. The molecule has 0 radical (unpaired) electrons. The number of benzene rings is 1. The Labute approximate surface area is 114 Å². The van der Waals surface area contributed by atoms with Crippen molar-refractivity contribution in [2.45, 2.75) is 20.3 Å². The molecule has 0 aliphatic heterocycles. The molecule has 0 aliphatic carbocycles.